The Bertz CT molecular complexity index is 1270. The first-order valence-electron chi connectivity index (χ1n) is 10.5. The SMILES string of the molecule is COc1ccc(-c2cc(C(=O)NCc3ccc(F)cc3)c(NC(=O)Nc3ccccc3)s2)cc1. The minimum Gasteiger partial charge on any atom is -0.497 e. The second-order valence-electron chi connectivity index (χ2n) is 7.34. The number of anilines is 2. The second-order valence-corrected chi connectivity index (χ2v) is 8.39. The van der Waals surface area contributed by atoms with Crippen molar-refractivity contribution in [3.8, 4) is 16.2 Å². The van der Waals surface area contributed by atoms with Gasteiger partial charge in [-0.3, -0.25) is 10.1 Å². The normalized spacial score (nSPS) is 10.4. The number of hydrogen-bond acceptors (Lipinski definition) is 4. The molecule has 1 heterocycles. The van der Waals surface area contributed by atoms with Crippen LogP contribution in [0.25, 0.3) is 10.4 Å². The lowest BCUT2D eigenvalue weighted by Crippen LogP contribution is -2.25. The molecule has 0 saturated carbocycles. The van der Waals surface area contributed by atoms with Crippen LogP contribution in [0.5, 0.6) is 5.75 Å². The number of para-hydroxylation sites is 1. The van der Waals surface area contributed by atoms with E-state index >= 15 is 0 Å². The Kier molecular flexibility index (Phi) is 7.19. The van der Waals surface area contributed by atoms with E-state index in [1.165, 1.54) is 23.5 Å². The Balaban J connectivity index is 1.56. The quantitative estimate of drug-likeness (QED) is 0.301. The van der Waals surface area contributed by atoms with Crippen LogP contribution >= 0.6 is 11.3 Å². The highest BCUT2D eigenvalue weighted by Gasteiger charge is 2.19. The minimum absolute atomic E-state index is 0.225. The topological polar surface area (TPSA) is 79.5 Å². The van der Waals surface area contributed by atoms with E-state index in [4.69, 9.17) is 4.74 Å². The molecule has 1 aromatic heterocycles. The predicted octanol–water partition coefficient (Wildman–Crippen LogP) is 6.14. The Hall–Kier alpha value is -4.17. The van der Waals surface area contributed by atoms with Gasteiger partial charge in [-0.2, -0.15) is 0 Å². The number of halogens is 1. The van der Waals surface area contributed by atoms with Crippen LogP contribution in [-0.4, -0.2) is 19.0 Å². The standard InChI is InChI=1S/C26H22FN3O3S/c1-33-21-13-9-18(10-14-21)23-15-22(24(31)28-16-17-7-11-19(27)12-8-17)25(34-23)30-26(32)29-20-5-3-2-4-6-20/h2-15H,16H2,1H3,(H,28,31)(H2,29,30,32). The molecule has 0 atom stereocenters. The van der Waals surface area contributed by atoms with Crippen LogP contribution in [0.3, 0.4) is 0 Å². The summed E-state index contributed by atoms with van der Waals surface area (Å²) in [7, 11) is 1.59. The number of methoxy groups -OCH3 is 1. The average Bonchev–Trinajstić information content (AvgIpc) is 3.27. The number of urea groups is 1. The third kappa shape index (κ3) is 5.79. The fourth-order valence-electron chi connectivity index (χ4n) is 3.22. The number of carbonyl (C=O) groups excluding carboxylic acids is 2. The van der Waals surface area contributed by atoms with E-state index in [0.717, 1.165) is 21.8 Å². The van der Waals surface area contributed by atoms with Crippen molar-refractivity contribution in [3.05, 3.63) is 102 Å². The maximum Gasteiger partial charge on any atom is 0.324 e. The lowest BCUT2D eigenvalue weighted by atomic mass is 10.1. The molecular formula is C26H22FN3O3S. The van der Waals surface area contributed by atoms with Crippen LogP contribution < -0.4 is 20.7 Å². The van der Waals surface area contributed by atoms with Gasteiger partial charge >= 0.3 is 6.03 Å². The largest absolute Gasteiger partial charge is 0.497 e. The molecule has 6 nitrogen and oxygen atoms in total. The van der Waals surface area contributed by atoms with Gasteiger partial charge < -0.3 is 15.4 Å². The van der Waals surface area contributed by atoms with Crippen LogP contribution in [0.2, 0.25) is 0 Å². The van der Waals surface area contributed by atoms with Gasteiger partial charge in [0.05, 0.1) is 12.7 Å². The van der Waals surface area contributed by atoms with Crippen molar-refractivity contribution in [3.63, 3.8) is 0 Å². The summed E-state index contributed by atoms with van der Waals surface area (Å²) in [4.78, 5) is 26.4. The zero-order valence-electron chi connectivity index (χ0n) is 18.3. The molecule has 3 amide bonds. The molecule has 0 unspecified atom stereocenters. The second kappa shape index (κ2) is 10.6. The molecule has 4 rings (SSSR count). The van der Waals surface area contributed by atoms with Gasteiger partial charge in [0.1, 0.15) is 16.6 Å². The molecule has 172 valence electrons. The van der Waals surface area contributed by atoms with E-state index in [1.807, 2.05) is 42.5 Å². The smallest absolute Gasteiger partial charge is 0.324 e. The number of thiophene rings is 1. The van der Waals surface area contributed by atoms with Crippen LogP contribution in [0.15, 0.2) is 84.9 Å². The van der Waals surface area contributed by atoms with E-state index in [2.05, 4.69) is 16.0 Å². The van der Waals surface area contributed by atoms with Crippen molar-refractivity contribution in [1.82, 2.24) is 5.32 Å². The van der Waals surface area contributed by atoms with Gasteiger partial charge in [0, 0.05) is 17.1 Å². The summed E-state index contributed by atoms with van der Waals surface area (Å²) in [5.41, 5.74) is 2.61. The Morgan fingerprint density at radius 2 is 1.62 bits per heavy atom. The minimum atomic E-state index is -0.457. The summed E-state index contributed by atoms with van der Waals surface area (Å²) in [6.45, 7) is 0.225. The Morgan fingerprint density at radius 3 is 2.29 bits per heavy atom. The van der Waals surface area contributed by atoms with E-state index in [9.17, 15) is 14.0 Å². The van der Waals surface area contributed by atoms with Gasteiger partial charge in [-0.1, -0.05) is 30.3 Å². The molecule has 8 heteroatoms. The lowest BCUT2D eigenvalue weighted by molar-refractivity contribution is 0.0952. The number of rotatable bonds is 7. The molecule has 0 aliphatic heterocycles. The molecule has 0 saturated heterocycles. The summed E-state index contributed by atoms with van der Waals surface area (Å²) in [5.74, 6) is 0.0291. The molecule has 34 heavy (non-hydrogen) atoms. The number of amides is 3. The summed E-state index contributed by atoms with van der Waals surface area (Å²) < 4.78 is 18.4. The molecule has 3 aromatic carbocycles. The van der Waals surface area contributed by atoms with Crippen molar-refractivity contribution >= 4 is 34.0 Å². The third-order valence-corrected chi connectivity index (χ3v) is 6.08. The summed E-state index contributed by atoms with van der Waals surface area (Å²) in [6.07, 6.45) is 0. The van der Waals surface area contributed by atoms with Crippen LogP contribution in [0.1, 0.15) is 15.9 Å². The number of carbonyl (C=O) groups is 2. The Morgan fingerprint density at radius 1 is 0.912 bits per heavy atom. The monoisotopic (exact) mass is 475 g/mol. The first kappa shape index (κ1) is 23.0. The maximum atomic E-state index is 13.2. The van der Waals surface area contributed by atoms with Gasteiger partial charge in [-0.05, 0) is 65.7 Å². The van der Waals surface area contributed by atoms with E-state index in [-0.39, 0.29) is 18.3 Å². The molecular weight excluding hydrogens is 453 g/mol. The molecule has 3 N–H and O–H groups in total. The molecule has 0 aliphatic carbocycles. The molecule has 0 fully saturated rings. The third-order valence-electron chi connectivity index (χ3n) is 4.98. The van der Waals surface area contributed by atoms with Gasteiger partial charge in [0.15, 0.2) is 0 Å². The zero-order valence-corrected chi connectivity index (χ0v) is 19.1. The van der Waals surface area contributed by atoms with Crippen molar-refractivity contribution in [2.75, 3.05) is 17.7 Å². The molecule has 0 radical (unpaired) electrons. The number of nitrogens with one attached hydrogen (secondary N) is 3. The predicted molar refractivity (Wildman–Crippen MR) is 133 cm³/mol. The first-order valence-corrected chi connectivity index (χ1v) is 11.3. The summed E-state index contributed by atoms with van der Waals surface area (Å²) in [5, 5.41) is 8.80. The fourth-order valence-corrected chi connectivity index (χ4v) is 4.27. The highest BCUT2D eigenvalue weighted by atomic mass is 32.1. The van der Waals surface area contributed by atoms with Gasteiger partial charge in [-0.15, -0.1) is 11.3 Å². The number of ether oxygens (including phenoxy) is 1. The van der Waals surface area contributed by atoms with Crippen LogP contribution in [-0.2, 0) is 6.54 Å². The first-order chi connectivity index (χ1) is 16.5. The molecule has 0 bridgehead atoms. The summed E-state index contributed by atoms with van der Waals surface area (Å²) in [6, 6.07) is 23.7. The molecule has 0 spiro atoms. The van der Waals surface area contributed by atoms with Crippen molar-refractivity contribution in [2.24, 2.45) is 0 Å². The van der Waals surface area contributed by atoms with E-state index < -0.39 is 6.03 Å². The molecule has 4 aromatic rings. The van der Waals surface area contributed by atoms with Gasteiger partial charge in [0.2, 0.25) is 0 Å². The fraction of sp³-hybridized carbons (Fsp3) is 0.0769. The molecule has 0 aliphatic rings. The van der Waals surface area contributed by atoms with E-state index in [0.29, 0.717) is 16.3 Å². The van der Waals surface area contributed by atoms with Gasteiger partial charge in [-0.25, -0.2) is 9.18 Å². The van der Waals surface area contributed by atoms with Crippen molar-refractivity contribution < 1.29 is 18.7 Å². The van der Waals surface area contributed by atoms with Crippen LogP contribution in [0, 0.1) is 5.82 Å². The van der Waals surface area contributed by atoms with E-state index in [1.54, 1.807) is 37.4 Å². The zero-order chi connectivity index (χ0) is 23.9. The highest BCUT2D eigenvalue weighted by molar-refractivity contribution is 7.20. The highest BCUT2D eigenvalue weighted by Crippen LogP contribution is 2.36. The summed E-state index contributed by atoms with van der Waals surface area (Å²) >= 11 is 1.29. The van der Waals surface area contributed by atoms with Crippen molar-refractivity contribution in [1.29, 1.82) is 0 Å². The average molecular weight is 476 g/mol. The number of hydrogen-bond donors (Lipinski definition) is 3. The number of benzene rings is 3. The van der Waals surface area contributed by atoms with Crippen LogP contribution in [0.4, 0.5) is 19.9 Å². The Labute approximate surface area is 200 Å². The maximum absolute atomic E-state index is 13.2. The van der Waals surface area contributed by atoms with Gasteiger partial charge in [0.25, 0.3) is 5.91 Å². The lowest BCUT2D eigenvalue weighted by Gasteiger charge is -2.09. The van der Waals surface area contributed by atoms with Crippen molar-refractivity contribution in [2.45, 2.75) is 6.54 Å².